The molecule has 0 heterocycles. The number of hydrogen-bond donors (Lipinski definition) is 1. The molecule has 0 saturated heterocycles. The predicted octanol–water partition coefficient (Wildman–Crippen LogP) is 2.30. The Morgan fingerprint density at radius 1 is 1.25 bits per heavy atom. The quantitative estimate of drug-likeness (QED) is 0.851. The molecule has 0 amide bonds. The number of carbonyl (C=O) groups is 1. The van der Waals surface area contributed by atoms with Crippen molar-refractivity contribution in [2.75, 3.05) is 0 Å². The first-order valence-corrected chi connectivity index (χ1v) is 5.06. The van der Waals surface area contributed by atoms with Crippen molar-refractivity contribution in [3.8, 4) is 0 Å². The van der Waals surface area contributed by atoms with Gasteiger partial charge in [0.15, 0.2) is 5.78 Å². The molecule has 0 atom stereocenters. The van der Waals surface area contributed by atoms with Gasteiger partial charge in [-0.1, -0.05) is 0 Å². The minimum Gasteiger partial charge on any atom is -0.384 e. The molecule has 16 heavy (non-hydrogen) atoms. The molecule has 1 aromatic rings. The summed E-state index contributed by atoms with van der Waals surface area (Å²) in [6.07, 6.45) is 2.65. The molecule has 0 bridgehead atoms. The number of nitrogens with one attached hydrogen (secondary N) is 1. The third-order valence-corrected chi connectivity index (χ3v) is 2.49. The summed E-state index contributed by atoms with van der Waals surface area (Å²) in [6.45, 7) is 0.197. The maximum Gasteiger partial charge on any atom is 0.157 e. The SMILES string of the molecule is O=C1C=C(NCc2cc(F)ccc2F)CC1. The van der Waals surface area contributed by atoms with Crippen LogP contribution in [-0.2, 0) is 11.3 Å². The highest BCUT2D eigenvalue weighted by Crippen LogP contribution is 2.14. The van der Waals surface area contributed by atoms with E-state index in [1.807, 2.05) is 0 Å². The lowest BCUT2D eigenvalue weighted by atomic mass is 10.2. The lowest BCUT2D eigenvalue weighted by molar-refractivity contribution is -0.114. The molecule has 0 saturated carbocycles. The van der Waals surface area contributed by atoms with Crippen molar-refractivity contribution in [3.05, 3.63) is 47.2 Å². The zero-order chi connectivity index (χ0) is 11.5. The lowest BCUT2D eigenvalue weighted by Gasteiger charge is -2.07. The van der Waals surface area contributed by atoms with E-state index in [1.165, 1.54) is 6.08 Å². The standard InChI is InChI=1S/C12H11F2NO/c13-9-1-4-12(14)8(5-9)7-15-10-2-3-11(16)6-10/h1,4-6,15H,2-3,7H2. The summed E-state index contributed by atoms with van der Waals surface area (Å²) in [7, 11) is 0. The lowest BCUT2D eigenvalue weighted by Crippen LogP contribution is -2.12. The molecule has 0 fully saturated rings. The van der Waals surface area contributed by atoms with Crippen LogP contribution in [0.5, 0.6) is 0 Å². The average molecular weight is 223 g/mol. The molecule has 1 N–H and O–H groups in total. The van der Waals surface area contributed by atoms with Crippen LogP contribution in [0.15, 0.2) is 30.0 Å². The summed E-state index contributed by atoms with van der Waals surface area (Å²) in [5.41, 5.74) is 1.05. The molecular formula is C12H11F2NO. The van der Waals surface area contributed by atoms with Crippen molar-refractivity contribution in [1.29, 1.82) is 0 Å². The second-order valence-corrected chi connectivity index (χ2v) is 3.73. The van der Waals surface area contributed by atoms with E-state index < -0.39 is 11.6 Å². The molecule has 0 radical (unpaired) electrons. The maximum absolute atomic E-state index is 13.2. The van der Waals surface area contributed by atoms with E-state index in [0.717, 1.165) is 23.9 Å². The minimum absolute atomic E-state index is 0.0715. The van der Waals surface area contributed by atoms with Crippen molar-refractivity contribution >= 4 is 5.78 Å². The zero-order valence-corrected chi connectivity index (χ0v) is 8.59. The largest absolute Gasteiger partial charge is 0.384 e. The molecule has 0 unspecified atom stereocenters. The van der Waals surface area contributed by atoms with Crippen LogP contribution < -0.4 is 5.32 Å². The summed E-state index contributed by atoms with van der Waals surface area (Å²) < 4.78 is 26.1. The molecular weight excluding hydrogens is 212 g/mol. The van der Waals surface area contributed by atoms with Gasteiger partial charge in [-0.05, 0) is 24.6 Å². The Kier molecular flexibility index (Phi) is 2.99. The normalized spacial score (nSPS) is 15.1. The summed E-state index contributed by atoms with van der Waals surface area (Å²) in [4.78, 5) is 10.9. The Hall–Kier alpha value is -1.71. The molecule has 1 aromatic carbocycles. The highest BCUT2D eigenvalue weighted by atomic mass is 19.1. The fourth-order valence-electron chi connectivity index (χ4n) is 1.62. The monoisotopic (exact) mass is 223 g/mol. The minimum atomic E-state index is -0.463. The predicted molar refractivity (Wildman–Crippen MR) is 55.5 cm³/mol. The first-order chi connectivity index (χ1) is 7.65. The van der Waals surface area contributed by atoms with E-state index in [1.54, 1.807) is 0 Å². The smallest absolute Gasteiger partial charge is 0.157 e. The second kappa shape index (κ2) is 4.43. The fourth-order valence-corrected chi connectivity index (χ4v) is 1.62. The summed E-state index contributed by atoms with van der Waals surface area (Å²) in [6, 6.07) is 3.33. The molecule has 0 aromatic heterocycles. The van der Waals surface area contributed by atoms with E-state index >= 15 is 0 Å². The molecule has 84 valence electrons. The molecule has 2 nitrogen and oxygen atoms in total. The summed E-state index contributed by atoms with van der Waals surface area (Å²) >= 11 is 0. The van der Waals surface area contributed by atoms with Gasteiger partial charge in [-0.25, -0.2) is 8.78 Å². The van der Waals surface area contributed by atoms with Crippen LogP contribution in [0.3, 0.4) is 0 Å². The van der Waals surface area contributed by atoms with Crippen LogP contribution in [-0.4, -0.2) is 5.78 Å². The van der Waals surface area contributed by atoms with Gasteiger partial charge < -0.3 is 5.32 Å². The van der Waals surface area contributed by atoms with E-state index in [4.69, 9.17) is 0 Å². The molecule has 0 spiro atoms. The highest BCUT2D eigenvalue weighted by Gasteiger charge is 2.12. The number of allylic oxidation sites excluding steroid dienone is 2. The Balaban J connectivity index is 2.02. The Labute approximate surface area is 92.0 Å². The summed E-state index contributed by atoms with van der Waals surface area (Å²) in [5.74, 6) is -0.837. The van der Waals surface area contributed by atoms with Crippen molar-refractivity contribution in [3.63, 3.8) is 0 Å². The van der Waals surface area contributed by atoms with Gasteiger partial charge in [0.1, 0.15) is 11.6 Å². The first-order valence-electron chi connectivity index (χ1n) is 5.06. The Morgan fingerprint density at radius 2 is 2.06 bits per heavy atom. The van der Waals surface area contributed by atoms with Crippen molar-refractivity contribution in [2.24, 2.45) is 0 Å². The highest BCUT2D eigenvalue weighted by molar-refractivity contribution is 5.92. The Morgan fingerprint density at radius 3 is 2.75 bits per heavy atom. The number of benzene rings is 1. The number of carbonyl (C=O) groups excluding carboxylic acids is 1. The van der Waals surface area contributed by atoms with Gasteiger partial charge in [0.05, 0.1) is 0 Å². The molecule has 0 aliphatic heterocycles. The van der Waals surface area contributed by atoms with E-state index in [-0.39, 0.29) is 17.9 Å². The van der Waals surface area contributed by atoms with Crippen LogP contribution in [0.25, 0.3) is 0 Å². The summed E-state index contributed by atoms with van der Waals surface area (Å²) in [5, 5.41) is 2.93. The molecule has 4 heteroatoms. The van der Waals surface area contributed by atoms with Crippen LogP contribution in [0.1, 0.15) is 18.4 Å². The fraction of sp³-hybridized carbons (Fsp3) is 0.250. The number of halogens is 2. The van der Waals surface area contributed by atoms with Crippen LogP contribution in [0.4, 0.5) is 8.78 Å². The third-order valence-electron chi connectivity index (χ3n) is 2.49. The van der Waals surface area contributed by atoms with Gasteiger partial charge in [-0.3, -0.25) is 4.79 Å². The zero-order valence-electron chi connectivity index (χ0n) is 8.59. The average Bonchev–Trinajstić information content (AvgIpc) is 2.66. The van der Waals surface area contributed by atoms with Crippen LogP contribution >= 0.6 is 0 Å². The van der Waals surface area contributed by atoms with Crippen molar-refractivity contribution < 1.29 is 13.6 Å². The van der Waals surface area contributed by atoms with E-state index in [0.29, 0.717) is 12.8 Å². The molecule has 2 rings (SSSR count). The number of hydrogen-bond acceptors (Lipinski definition) is 2. The number of rotatable bonds is 3. The maximum atomic E-state index is 13.2. The van der Waals surface area contributed by atoms with Crippen molar-refractivity contribution in [2.45, 2.75) is 19.4 Å². The van der Waals surface area contributed by atoms with Crippen LogP contribution in [0, 0.1) is 11.6 Å². The Bertz CT molecular complexity index is 454. The van der Waals surface area contributed by atoms with E-state index in [9.17, 15) is 13.6 Å². The van der Waals surface area contributed by atoms with E-state index in [2.05, 4.69) is 5.32 Å². The van der Waals surface area contributed by atoms with Gasteiger partial charge in [0.2, 0.25) is 0 Å². The number of ketones is 1. The van der Waals surface area contributed by atoms with Gasteiger partial charge >= 0.3 is 0 Å². The first kappa shape index (κ1) is 10.8. The van der Waals surface area contributed by atoms with Gasteiger partial charge in [0.25, 0.3) is 0 Å². The molecule has 1 aliphatic carbocycles. The van der Waals surface area contributed by atoms with Gasteiger partial charge in [0, 0.05) is 30.3 Å². The topological polar surface area (TPSA) is 29.1 Å². The van der Waals surface area contributed by atoms with Gasteiger partial charge in [-0.15, -0.1) is 0 Å². The van der Waals surface area contributed by atoms with Crippen molar-refractivity contribution in [1.82, 2.24) is 5.32 Å². The van der Waals surface area contributed by atoms with Gasteiger partial charge in [-0.2, -0.15) is 0 Å². The molecule has 1 aliphatic rings. The second-order valence-electron chi connectivity index (χ2n) is 3.73. The van der Waals surface area contributed by atoms with Crippen LogP contribution in [0.2, 0.25) is 0 Å². The third kappa shape index (κ3) is 2.45.